The molecule has 0 aliphatic rings. The van der Waals surface area contributed by atoms with Gasteiger partial charge in [-0.3, -0.25) is 9.36 Å². The predicted molar refractivity (Wildman–Crippen MR) is 135 cm³/mol. The van der Waals surface area contributed by atoms with Crippen LogP contribution in [0.4, 0.5) is 0 Å². The maximum absolute atomic E-state index is 13.6. The fraction of sp³-hybridized carbons (Fsp3) is 0.154. The third kappa shape index (κ3) is 4.78. The molecule has 0 unspecified atom stereocenters. The van der Waals surface area contributed by atoms with Crippen molar-refractivity contribution in [3.8, 4) is 22.9 Å². The van der Waals surface area contributed by atoms with Gasteiger partial charge in [-0.05, 0) is 61.0 Å². The summed E-state index contributed by atoms with van der Waals surface area (Å²) in [5, 5.41) is 0.433. The van der Waals surface area contributed by atoms with E-state index in [9.17, 15) is 4.79 Å². The van der Waals surface area contributed by atoms with Crippen LogP contribution in [0.25, 0.3) is 28.7 Å². The lowest BCUT2D eigenvalue weighted by Crippen LogP contribution is -2.22. The van der Waals surface area contributed by atoms with Crippen molar-refractivity contribution in [1.82, 2.24) is 9.55 Å². The van der Waals surface area contributed by atoms with Crippen LogP contribution in [0.1, 0.15) is 18.3 Å². The Morgan fingerprint density at radius 3 is 2.24 bits per heavy atom. The molecule has 3 aromatic carbocycles. The summed E-state index contributed by atoms with van der Waals surface area (Å²) in [6.07, 6.45) is 3.75. The van der Waals surface area contributed by atoms with E-state index < -0.39 is 0 Å². The molecule has 7 heteroatoms. The van der Waals surface area contributed by atoms with Crippen molar-refractivity contribution in [1.29, 1.82) is 0 Å². The molecule has 6 nitrogen and oxygen atoms in total. The Labute approximate surface area is 200 Å². The Balaban J connectivity index is 1.93. The molecule has 4 rings (SSSR count). The summed E-state index contributed by atoms with van der Waals surface area (Å²) < 4.78 is 18.9. The average molecular weight is 507 g/mol. The molecule has 168 valence electrons. The van der Waals surface area contributed by atoms with Gasteiger partial charge in [-0.1, -0.05) is 34.1 Å². The normalized spacial score (nSPS) is 11.2. The minimum Gasteiger partial charge on any atom is -0.494 e. The third-order valence-corrected chi connectivity index (χ3v) is 5.63. The monoisotopic (exact) mass is 506 g/mol. The van der Waals surface area contributed by atoms with Crippen LogP contribution in [-0.4, -0.2) is 30.4 Å². The van der Waals surface area contributed by atoms with Crippen molar-refractivity contribution in [3.05, 3.63) is 86.9 Å². The van der Waals surface area contributed by atoms with E-state index in [0.29, 0.717) is 40.5 Å². The quantitative estimate of drug-likeness (QED) is 0.320. The minimum absolute atomic E-state index is 0.208. The Bertz CT molecular complexity index is 1360. The van der Waals surface area contributed by atoms with E-state index in [-0.39, 0.29) is 5.56 Å². The largest absolute Gasteiger partial charge is 0.494 e. The first-order valence-electron chi connectivity index (χ1n) is 10.4. The summed E-state index contributed by atoms with van der Waals surface area (Å²) in [5.74, 6) is 2.21. The molecule has 0 radical (unpaired) electrons. The zero-order valence-corrected chi connectivity index (χ0v) is 20.1. The van der Waals surface area contributed by atoms with E-state index in [2.05, 4.69) is 15.9 Å². The van der Waals surface area contributed by atoms with Crippen LogP contribution < -0.4 is 19.8 Å². The first-order valence-corrected chi connectivity index (χ1v) is 11.2. The van der Waals surface area contributed by atoms with Crippen molar-refractivity contribution >= 4 is 39.0 Å². The highest BCUT2D eigenvalue weighted by Crippen LogP contribution is 2.31. The zero-order chi connectivity index (χ0) is 23.4. The molecular formula is C26H23BrN2O4. The van der Waals surface area contributed by atoms with Crippen LogP contribution >= 0.6 is 15.9 Å². The summed E-state index contributed by atoms with van der Waals surface area (Å²) in [4.78, 5) is 18.4. The van der Waals surface area contributed by atoms with Crippen molar-refractivity contribution in [2.45, 2.75) is 6.92 Å². The molecular weight excluding hydrogens is 484 g/mol. The van der Waals surface area contributed by atoms with Gasteiger partial charge in [0, 0.05) is 10.5 Å². The van der Waals surface area contributed by atoms with Gasteiger partial charge in [-0.15, -0.1) is 0 Å². The van der Waals surface area contributed by atoms with Crippen LogP contribution in [0, 0.1) is 0 Å². The maximum Gasteiger partial charge on any atom is 0.266 e. The SMILES string of the molecule is CCOc1ccc(-n2c(/C=C/c3ccc(Br)cc3)nc3cc(OC)c(OC)cc3c2=O)cc1. The Hall–Kier alpha value is -3.58. The number of aromatic nitrogens is 2. The second kappa shape index (κ2) is 9.92. The smallest absolute Gasteiger partial charge is 0.266 e. The topological polar surface area (TPSA) is 62.6 Å². The van der Waals surface area contributed by atoms with Gasteiger partial charge in [0.25, 0.3) is 5.56 Å². The summed E-state index contributed by atoms with van der Waals surface area (Å²) in [5.41, 5.74) is 1.98. The number of ether oxygens (including phenoxy) is 3. The van der Waals surface area contributed by atoms with Gasteiger partial charge in [0.15, 0.2) is 11.5 Å². The first kappa shape index (κ1) is 22.6. The Morgan fingerprint density at radius 2 is 1.61 bits per heavy atom. The fourth-order valence-corrected chi connectivity index (χ4v) is 3.76. The van der Waals surface area contributed by atoms with Crippen molar-refractivity contribution < 1.29 is 14.2 Å². The number of fused-ring (bicyclic) bond motifs is 1. The fourth-order valence-electron chi connectivity index (χ4n) is 3.49. The lowest BCUT2D eigenvalue weighted by Gasteiger charge is -2.14. The average Bonchev–Trinajstić information content (AvgIpc) is 2.84. The highest BCUT2D eigenvalue weighted by atomic mass is 79.9. The Morgan fingerprint density at radius 1 is 0.939 bits per heavy atom. The predicted octanol–water partition coefficient (Wildman–Crippen LogP) is 5.73. The molecule has 4 aromatic rings. The van der Waals surface area contributed by atoms with Gasteiger partial charge in [-0.2, -0.15) is 0 Å². The molecule has 0 amide bonds. The van der Waals surface area contributed by atoms with Crippen molar-refractivity contribution in [3.63, 3.8) is 0 Å². The lowest BCUT2D eigenvalue weighted by molar-refractivity contribution is 0.340. The van der Waals surface area contributed by atoms with E-state index in [4.69, 9.17) is 19.2 Å². The van der Waals surface area contributed by atoms with Crippen LogP contribution in [0.5, 0.6) is 17.2 Å². The van der Waals surface area contributed by atoms with E-state index in [0.717, 1.165) is 15.8 Å². The second-order valence-corrected chi connectivity index (χ2v) is 8.06. The molecule has 1 heterocycles. The summed E-state index contributed by atoms with van der Waals surface area (Å²) in [6, 6.07) is 18.6. The minimum atomic E-state index is -0.208. The molecule has 0 atom stereocenters. The summed E-state index contributed by atoms with van der Waals surface area (Å²) in [7, 11) is 3.09. The standard InChI is InChI=1S/C26H23BrN2O4/c1-4-33-20-12-10-19(11-13-20)29-25(14-7-17-5-8-18(27)9-6-17)28-22-16-24(32-3)23(31-2)15-21(22)26(29)30/h5-16H,4H2,1-3H3/b14-7+. The summed E-state index contributed by atoms with van der Waals surface area (Å²) >= 11 is 3.45. The van der Waals surface area contributed by atoms with Crippen LogP contribution in [-0.2, 0) is 0 Å². The third-order valence-electron chi connectivity index (χ3n) is 5.10. The van der Waals surface area contributed by atoms with Crippen molar-refractivity contribution in [2.24, 2.45) is 0 Å². The van der Waals surface area contributed by atoms with Crippen molar-refractivity contribution in [2.75, 3.05) is 20.8 Å². The number of methoxy groups -OCH3 is 2. The molecule has 0 saturated carbocycles. The van der Waals surface area contributed by atoms with Gasteiger partial charge in [0.1, 0.15) is 11.6 Å². The van der Waals surface area contributed by atoms with E-state index >= 15 is 0 Å². The summed E-state index contributed by atoms with van der Waals surface area (Å²) in [6.45, 7) is 2.50. The molecule has 0 saturated heterocycles. The van der Waals surface area contributed by atoms with Gasteiger partial charge < -0.3 is 14.2 Å². The lowest BCUT2D eigenvalue weighted by atomic mass is 10.2. The molecule has 0 fully saturated rings. The van der Waals surface area contributed by atoms with E-state index in [1.807, 2.05) is 67.6 Å². The second-order valence-electron chi connectivity index (χ2n) is 7.15. The highest BCUT2D eigenvalue weighted by molar-refractivity contribution is 9.10. The maximum atomic E-state index is 13.6. The van der Waals surface area contributed by atoms with Gasteiger partial charge in [-0.25, -0.2) is 4.98 Å². The number of hydrogen-bond donors (Lipinski definition) is 0. The van der Waals surface area contributed by atoms with Gasteiger partial charge in [0.2, 0.25) is 0 Å². The van der Waals surface area contributed by atoms with Gasteiger partial charge >= 0.3 is 0 Å². The molecule has 0 aliphatic heterocycles. The van der Waals surface area contributed by atoms with E-state index in [1.165, 1.54) is 7.11 Å². The molecule has 0 aliphatic carbocycles. The van der Waals surface area contributed by atoms with Crippen LogP contribution in [0.15, 0.2) is 69.9 Å². The number of rotatable bonds is 7. The Kier molecular flexibility index (Phi) is 6.79. The molecule has 0 bridgehead atoms. The number of benzene rings is 3. The van der Waals surface area contributed by atoms with Crippen LogP contribution in [0.3, 0.4) is 0 Å². The molecule has 0 N–H and O–H groups in total. The van der Waals surface area contributed by atoms with E-state index in [1.54, 1.807) is 23.8 Å². The number of hydrogen-bond acceptors (Lipinski definition) is 5. The van der Waals surface area contributed by atoms with Crippen LogP contribution in [0.2, 0.25) is 0 Å². The molecule has 33 heavy (non-hydrogen) atoms. The number of halogens is 1. The highest BCUT2D eigenvalue weighted by Gasteiger charge is 2.15. The molecule has 0 spiro atoms. The first-order chi connectivity index (χ1) is 16.0. The number of nitrogens with zero attached hydrogens (tertiary/aromatic N) is 2. The molecule has 1 aromatic heterocycles. The zero-order valence-electron chi connectivity index (χ0n) is 18.5. The van der Waals surface area contributed by atoms with Gasteiger partial charge in [0.05, 0.1) is 37.4 Å².